The van der Waals surface area contributed by atoms with Crippen LogP contribution in [-0.2, 0) is 0 Å². The average molecular weight is 340 g/mol. The van der Waals surface area contributed by atoms with Gasteiger partial charge in [0, 0.05) is 32.2 Å². The molecule has 1 fully saturated rings. The number of rotatable bonds is 3. The van der Waals surface area contributed by atoms with Crippen LogP contribution in [0.5, 0.6) is 0 Å². The third kappa shape index (κ3) is 2.72. The van der Waals surface area contributed by atoms with E-state index in [-0.39, 0.29) is 5.91 Å². The van der Waals surface area contributed by atoms with E-state index < -0.39 is 0 Å². The van der Waals surface area contributed by atoms with Crippen molar-refractivity contribution in [1.29, 1.82) is 0 Å². The molecular formula is C18H20N4OS. The number of amides is 1. The van der Waals surface area contributed by atoms with Crippen LogP contribution in [0.15, 0.2) is 41.4 Å². The van der Waals surface area contributed by atoms with Crippen LogP contribution in [0.2, 0.25) is 0 Å². The third-order valence-electron chi connectivity index (χ3n) is 4.85. The van der Waals surface area contributed by atoms with Crippen molar-refractivity contribution in [1.82, 2.24) is 19.8 Å². The van der Waals surface area contributed by atoms with Crippen molar-refractivity contribution >= 4 is 28.3 Å². The monoisotopic (exact) mass is 340 g/mol. The number of nitrogens with one attached hydrogen (secondary N) is 1. The number of aromatic nitrogens is 2. The van der Waals surface area contributed by atoms with Gasteiger partial charge in [-0.15, -0.1) is 0 Å². The Bertz CT molecular complexity index is 834. The molecule has 3 heterocycles. The summed E-state index contributed by atoms with van der Waals surface area (Å²) in [6.45, 7) is 5.56. The Kier molecular flexibility index (Phi) is 4.08. The van der Waals surface area contributed by atoms with Crippen molar-refractivity contribution in [2.24, 2.45) is 0 Å². The number of para-hydroxylation sites is 1. The number of piperazine rings is 1. The van der Waals surface area contributed by atoms with Gasteiger partial charge in [-0.05, 0) is 41.4 Å². The first kappa shape index (κ1) is 15.4. The van der Waals surface area contributed by atoms with Crippen LogP contribution >= 0.6 is 11.3 Å². The fourth-order valence-electron chi connectivity index (χ4n) is 3.34. The number of thiophene rings is 1. The van der Waals surface area contributed by atoms with E-state index in [4.69, 9.17) is 0 Å². The van der Waals surface area contributed by atoms with Gasteiger partial charge < -0.3 is 9.88 Å². The fraction of sp³-hybridized carbons (Fsp3) is 0.333. The molecule has 1 atom stereocenters. The lowest BCUT2D eigenvalue weighted by atomic mass is 10.1. The van der Waals surface area contributed by atoms with Crippen molar-refractivity contribution < 1.29 is 4.79 Å². The predicted molar refractivity (Wildman–Crippen MR) is 96.3 cm³/mol. The third-order valence-corrected chi connectivity index (χ3v) is 5.56. The maximum absolute atomic E-state index is 12.9. The lowest BCUT2D eigenvalue weighted by Crippen LogP contribution is -2.49. The molecule has 24 heavy (non-hydrogen) atoms. The SMILES string of the molecule is C[C@@H](c1ccsc1)N1CCN(C(=O)c2cccc3[nH]cnc23)CC1. The molecule has 4 rings (SSSR count). The summed E-state index contributed by atoms with van der Waals surface area (Å²) in [4.78, 5) is 24.6. The standard InChI is InChI=1S/C18H20N4OS/c1-13(14-5-10-24-11-14)21-6-8-22(9-7-21)18(23)15-3-2-4-16-17(15)20-12-19-16/h2-5,10-13H,6-9H2,1H3,(H,19,20)/t13-/m0/s1. The molecule has 0 spiro atoms. The van der Waals surface area contributed by atoms with Crippen LogP contribution in [0.4, 0.5) is 0 Å². The number of nitrogens with zero attached hydrogens (tertiary/aromatic N) is 3. The van der Waals surface area contributed by atoms with E-state index in [2.05, 4.69) is 38.6 Å². The zero-order chi connectivity index (χ0) is 16.5. The van der Waals surface area contributed by atoms with Gasteiger partial charge in [-0.2, -0.15) is 11.3 Å². The molecule has 0 radical (unpaired) electrons. The number of hydrogen-bond acceptors (Lipinski definition) is 4. The van der Waals surface area contributed by atoms with E-state index in [0.29, 0.717) is 11.6 Å². The summed E-state index contributed by atoms with van der Waals surface area (Å²) in [5.41, 5.74) is 3.72. The minimum absolute atomic E-state index is 0.0792. The maximum atomic E-state index is 12.9. The fourth-order valence-corrected chi connectivity index (χ4v) is 4.09. The van der Waals surface area contributed by atoms with E-state index in [0.717, 1.165) is 37.2 Å². The number of benzene rings is 1. The van der Waals surface area contributed by atoms with Gasteiger partial charge in [-0.1, -0.05) is 6.07 Å². The van der Waals surface area contributed by atoms with Crippen molar-refractivity contribution in [3.8, 4) is 0 Å². The molecule has 1 aliphatic rings. The summed E-state index contributed by atoms with van der Waals surface area (Å²) < 4.78 is 0. The summed E-state index contributed by atoms with van der Waals surface area (Å²) in [7, 11) is 0. The van der Waals surface area contributed by atoms with Gasteiger partial charge in [0.05, 0.1) is 17.4 Å². The van der Waals surface area contributed by atoms with Gasteiger partial charge in [0.15, 0.2) is 0 Å². The van der Waals surface area contributed by atoms with Crippen LogP contribution < -0.4 is 0 Å². The smallest absolute Gasteiger partial charge is 0.256 e. The van der Waals surface area contributed by atoms with E-state index >= 15 is 0 Å². The van der Waals surface area contributed by atoms with Gasteiger partial charge in [-0.3, -0.25) is 9.69 Å². The Morgan fingerprint density at radius 2 is 2.08 bits per heavy atom. The topological polar surface area (TPSA) is 52.2 Å². The van der Waals surface area contributed by atoms with Gasteiger partial charge in [0.25, 0.3) is 5.91 Å². The van der Waals surface area contributed by atoms with Crippen molar-refractivity contribution in [2.75, 3.05) is 26.2 Å². The normalized spacial score (nSPS) is 17.3. The number of carbonyl (C=O) groups is 1. The number of imidazole rings is 1. The zero-order valence-electron chi connectivity index (χ0n) is 13.6. The quantitative estimate of drug-likeness (QED) is 0.797. The van der Waals surface area contributed by atoms with E-state index in [1.165, 1.54) is 5.56 Å². The molecule has 0 unspecified atom stereocenters. The Hall–Kier alpha value is -2.18. The minimum Gasteiger partial charge on any atom is -0.345 e. The summed E-state index contributed by atoms with van der Waals surface area (Å²) in [6, 6.07) is 8.31. The van der Waals surface area contributed by atoms with Gasteiger partial charge >= 0.3 is 0 Å². The Balaban J connectivity index is 1.46. The molecule has 2 aromatic heterocycles. The Morgan fingerprint density at radius 1 is 1.25 bits per heavy atom. The zero-order valence-corrected chi connectivity index (χ0v) is 14.4. The van der Waals surface area contributed by atoms with Crippen LogP contribution in [0, 0.1) is 0 Å². The molecule has 6 heteroatoms. The van der Waals surface area contributed by atoms with Crippen LogP contribution in [-0.4, -0.2) is 51.9 Å². The molecular weight excluding hydrogens is 320 g/mol. The number of fused-ring (bicyclic) bond motifs is 1. The largest absolute Gasteiger partial charge is 0.345 e. The predicted octanol–water partition coefficient (Wildman–Crippen LogP) is 3.14. The first-order chi connectivity index (χ1) is 11.7. The van der Waals surface area contributed by atoms with Crippen LogP contribution in [0.25, 0.3) is 11.0 Å². The molecule has 1 aliphatic heterocycles. The second kappa shape index (κ2) is 6.37. The molecule has 1 aromatic carbocycles. The highest BCUT2D eigenvalue weighted by molar-refractivity contribution is 7.07. The second-order valence-electron chi connectivity index (χ2n) is 6.17. The molecule has 3 aromatic rings. The van der Waals surface area contributed by atoms with Crippen LogP contribution in [0.1, 0.15) is 28.9 Å². The maximum Gasteiger partial charge on any atom is 0.256 e. The van der Waals surface area contributed by atoms with E-state index in [1.807, 2.05) is 23.1 Å². The lowest BCUT2D eigenvalue weighted by molar-refractivity contribution is 0.0584. The molecule has 0 aliphatic carbocycles. The highest BCUT2D eigenvalue weighted by Crippen LogP contribution is 2.24. The summed E-state index contributed by atoms with van der Waals surface area (Å²) in [6.07, 6.45) is 1.64. The van der Waals surface area contributed by atoms with Gasteiger partial charge in [0.1, 0.15) is 5.52 Å². The highest BCUT2D eigenvalue weighted by Gasteiger charge is 2.26. The first-order valence-corrected chi connectivity index (χ1v) is 9.16. The molecule has 5 nitrogen and oxygen atoms in total. The van der Waals surface area contributed by atoms with Gasteiger partial charge in [-0.25, -0.2) is 4.98 Å². The van der Waals surface area contributed by atoms with Crippen molar-refractivity contribution in [2.45, 2.75) is 13.0 Å². The average Bonchev–Trinajstić information content (AvgIpc) is 3.31. The molecule has 1 saturated heterocycles. The van der Waals surface area contributed by atoms with Crippen molar-refractivity contribution in [3.63, 3.8) is 0 Å². The molecule has 124 valence electrons. The highest BCUT2D eigenvalue weighted by atomic mass is 32.1. The molecule has 0 saturated carbocycles. The Morgan fingerprint density at radius 3 is 2.83 bits per heavy atom. The second-order valence-corrected chi connectivity index (χ2v) is 6.95. The molecule has 0 bridgehead atoms. The lowest BCUT2D eigenvalue weighted by Gasteiger charge is -2.38. The molecule has 1 amide bonds. The first-order valence-electron chi connectivity index (χ1n) is 8.21. The number of H-pyrrole nitrogens is 1. The summed E-state index contributed by atoms with van der Waals surface area (Å²) >= 11 is 1.74. The van der Waals surface area contributed by atoms with Crippen molar-refractivity contribution in [3.05, 3.63) is 52.5 Å². The summed E-state index contributed by atoms with van der Waals surface area (Å²) in [5.74, 6) is 0.0792. The number of hydrogen-bond donors (Lipinski definition) is 1. The van der Waals surface area contributed by atoms with E-state index in [1.54, 1.807) is 17.7 Å². The number of aromatic amines is 1. The Labute approximate surface area is 144 Å². The molecule has 1 N–H and O–H groups in total. The van der Waals surface area contributed by atoms with E-state index in [9.17, 15) is 4.79 Å². The number of carbonyl (C=O) groups excluding carboxylic acids is 1. The minimum atomic E-state index is 0.0792. The summed E-state index contributed by atoms with van der Waals surface area (Å²) in [5, 5.41) is 4.33. The van der Waals surface area contributed by atoms with Gasteiger partial charge in [0.2, 0.25) is 0 Å². The van der Waals surface area contributed by atoms with Crippen LogP contribution in [0.3, 0.4) is 0 Å².